The Balaban J connectivity index is 2.00. The summed E-state index contributed by atoms with van der Waals surface area (Å²) in [5.74, 6) is -1.25. The van der Waals surface area contributed by atoms with Gasteiger partial charge in [0, 0.05) is 24.1 Å². The summed E-state index contributed by atoms with van der Waals surface area (Å²) in [7, 11) is 1.69. The molecule has 4 aromatic rings. The number of aromatic nitrogens is 4. The molecule has 0 saturated heterocycles. The average molecular weight is 421 g/mol. The van der Waals surface area contributed by atoms with Crippen molar-refractivity contribution in [2.45, 2.75) is 6.42 Å². The predicted molar refractivity (Wildman–Crippen MR) is 103 cm³/mol. The summed E-state index contributed by atoms with van der Waals surface area (Å²) < 4.78 is 31.1. The minimum absolute atomic E-state index is 0.0854. The third kappa shape index (κ3) is 3.06. The van der Waals surface area contributed by atoms with Crippen LogP contribution >= 0.6 is 23.2 Å². The molecule has 2 aromatic carbocycles. The molecule has 0 spiro atoms. The van der Waals surface area contributed by atoms with Gasteiger partial charge < -0.3 is 4.57 Å². The molecule has 0 atom stereocenters. The normalized spacial score (nSPS) is 11.3. The van der Waals surface area contributed by atoms with Crippen LogP contribution in [0.4, 0.5) is 8.78 Å². The average Bonchev–Trinajstić information content (AvgIpc) is 3.04. The van der Waals surface area contributed by atoms with E-state index in [0.29, 0.717) is 16.4 Å². The van der Waals surface area contributed by atoms with Gasteiger partial charge in [0.15, 0.2) is 11.2 Å². The fourth-order valence-corrected chi connectivity index (χ4v) is 3.31. The first-order valence-corrected chi connectivity index (χ1v) is 8.93. The Morgan fingerprint density at radius 1 is 1.04 bits per heavy atom. The van der Waals surface area contributed by atoms with Crippen LogP contribution in [0, 0.1) is 11.6 Å². The molecule has 0 aliphatic carbocycles. The first-order valence-electron chi connectivity index (χ1n) is 8.18. The van der Waals surface area contributed by atoms with Crippen molar-refractivity contribution in [3.05, 3.63) is 86.1 Å². The van der Waals surface area contributed by atoms with Gasteiger partial charge in [0.2, 0.25) is 0 Å². The van der Waals surface area contributed by atoms with Crippen LogP contribution in [0.3, 0.4) is 0 Å². The molecule has 0 bridgehead atoms. The van der Waals surface area contributed by atoms with E-state index in [1.807, 2.05) is 0 Å². The minimum atomic E-state index is -0.750. The van der Waals surface area contributed by atoms with Crippen LogP contribution in [-0.2, 0) is 13.5 Å². The van der Waals surface area contributed by atoms with Crippen molar-refractivity contribution in [1.29, 1.82) is 0 Å². The number of imidazole rings is 1. The van der Waals surface area contributed by atoms with E-state index >= 15 is 0 Å². The van der Waals surface area contributed by atoms with E-state index in [1.165, 1.54) is 10.9 Å². The van der Waals surface area contributed by atoms with Crippen molar-refractivity contribution in [3.8, 4) is 5.69 Å². The van der Waals surface area contributed by atoms with Gasteiger partial charge in [-0.2, -0.15) is 0 Å². The molecule has 0 fully saturated rings. The lowest BCUT2D eigenvalue weighted by Gasteiger charge is -2.14. The molecule has 0 aliphatic heterocycles. The molecule has 0 unspecified atom stereocenters. The van der Waals surface area contributed by atoms with Gasteiger partial charge in [0.05, 0.1) is 17.0 Å². The molecule has 0 aliphatic rings. The quantitative estimate of drug-likeness (QED) is 0.464. The standard InChI is InChI=1S/C19H12Cl2F2N4O/c1-26-9-24-17-18(26)25-15(8-12-13(22)6-7-14(23)16(12)21)27(19(17)28)11-4-2-10(20)3-5-11/h2-7,9H,8H2,1H3. The van der Waals surface area contributed by atoms with Gasteiger partial charge in [0.1, 0.15) is 17.5 Å². The highest BCUT2D eigenvalue weighted by Crippen LogP contribution is 2.26. The Morgan fingerprint density at radius 3 is 2.43 bits per heavy atom. The number of rotatable bonds is 3. The molecule has 142 valence electrons. The summed E-state index contributed by atoms with van der Waals surface area (Å²) in [6.45, 7) is 0. The Labute approximate surface area is 167 Å². The van der Waals surface area contributed by atoms with Crippen LogP contribution in [0.2, 0.25) is 10.0 Å². The summed E-state index contributed by atoms with van der Waals surface area (Å²) in [5.41, 5.74) is 0.441. The third-order valence-corrected chi connectivity index (χ3v) is 5.02. The first kappa shape index (κ1) is 18.6. The van der Waals surface area contributed by atoms with Crippen LogP contribution in [0.25, 0.3) is 16.9 Å². The highest BCUT2D eigenvalue weighted by Gasteiger charge is 2.20. The highest BCUT2D eigenvalue weighted by molar-refractivity contribution is 6.31. The molecule has 9 heteroatoms. The third-order valence-electron chi connectivity index (χ3n) is 4.36. The second-order valence-corrected chi connectivity index (χ2v) is 6.99. The zero-order chi connectivity index (χ0) is 20.0. The van der Waals surface area contributed by atoms with E-state index < -0.39 is 17.2 Å². The summed E-state index contributed by atoms with van der Waals surface area (Å²) in [4.78, 5) is 21.7. The number of aryl methyl sites for hydroxylation is 1. The molecule has 4 rings (SSSR count). The number of hydrogen-bond acceptors (Lipinski definition) is 3. The van der Waals surface area contributed by atoms with Crippen LogP contribution in [-0.4, -0.2) is 19.1 Å². The maximum absolute atomic E-state index is 14.3. The summed E-state index contributed by atoms with van der Waals surface area (Å²) >= 11 is 11.9. The Bertz CT molecular complexity index is 1270. The number of nitrogens with zero attached hydrogens (tertiary/aromatic N) is 4. The van der Waals surface area contributed by atoms with E-state index in [9.17, 15) is 13.6 Å². The van der Waals surface area contributed by atoms with Crippen molar-refractivity contribution < 1.29 is 8.78 Å². The van der Waals surface area contributed by atoms with Gasteiger partial charge >= 0.3 is 0 Å². The molecule has 0 saturated carbocycles. The van der Waals surface area contributed by atoms with Crippen molar-refractivity contribution in [2.24, 2.45) is 7.05 Å². The van der Waals surface area contributed by atoms with Gasteiger partial charge in [-0.15, -0.1) is 0 Å². The van der Waals surface area contributed by atoms with Crippen LogP contribution < -0.4 is 5.56 Å². The van der Waals surface area contributed by atoms with Gasteiger partial charge in [-0.25, -0.2) is 18.7 Å². The van der Waals surface area contributed by atoms with E-state index in [2.05, 4.69) is 9.97 Å². The van der Waals surface area contributed by atoms with Gasteiger partial charge in [-0.05, 0) is 36.4 Å². The molecule has 5 nitrogen and oxygen atoms in total. The molecule has 2 aromatic heterocycles. The van der Waals surface area contributed by atoms with E-state index in [1.54, 1.807) is 35.9 Å². The zero-order valence-corrected chi connectivity index (χ0v) is 16.0. The molecule has 0 radical (unpaired) electrons. The Hall–Kier alpha value is -2.77. The topological polar surface area (TPSA) is 52.7 Å². The molecule has 2 heterocycles. The Kier molecular flexibility index (Phi) is 4.64. The fraction of sp³-hybridized carbons (Fsp3) is 0.105. The van der Waals surface area contributed by atoms with Gasteiger partial charge in [-0.1, -0.05) is 23.2 Å². The Morgan fingerprint density at radius 2 is 1.71 bits per heavy atom. The van der Waals surface area contributed by atoms with Crippen LogP contribution in [0.15, 0.2) is 47.5 Å². The lowest BCUT2D eigenvalue weighted by atomic mass is 10.1. The van der Waals surface area contributed by atoms with Crippen molar-refractivity contribution in [1.82, 2.24) is 19.1 Å². The second-order valence-electron chi connectivity index (χ2n) is 6.17. The fourth-order valence-electron chi connectivity index (χ4n) is 2.97. The molecular formula is C19H12Cl2F2N4O. The molecule has 28 heavy (non-hydrogen) atoms. The van der Waals surface area contributed by atoms with E-state index in [-0.39, 0.29) is 28.3 Å². The lowest BCUT2D eigenvalue weighted by Crippen LogP contribution is -2.25. The molecular weight excluding hydrogens is 409 g/mol. The van der Waals surface area contributed by atoms with Crippen molar-refractivity contribution in [3.63, 3.8) is 0 Å². The molecule has 0 N–H and O–H groups in total. The zero-order valence-electron chi connectivity index (χ0n) is 14.5. The maximum Gasteiger partial charge on any atom is 0.286 e. The first-order chi connectivity index (χ1) is 13.4. The lowest BCUT2D eigenvalue weighted by molar-refractivity contribution is 0.586. The van der Waals surface area contributed by atoms with Crippen LogP contribution in [0.1, 0.15) is 11.4 Å². The van der Waals surface area contributed by atoms with Crippen molar-refractivity contribution in [2.75, 3.05) is 0 Å². The minimum Gasteiger partial charge on any atom is -0.318 e. The maximum atomic E-state index is 14.3. The predicted octanol–water partition coefficient (Wildman–Crippen LogP) is 4.30. The summed E-state index contributed by atoms with van der Waals surface area (Å²) in [6.07, 6.45) is 1.27. The monoisotopic (exact) mass is 420 g/mol. The number of benzene rings is 2. The smallest absolute Gasteiger partial charge is 0.286 e. The second kappa shape index (κ2) is 7.00. The van der Waals surface area contributed by atoms with E-state index in [4.69, 9.17) is 23.2 Å². The number of hydrogen-bond donors (Lipinski definition) is 0. The largest absolute Gasteiger partial charge is 0.318 e. The van der Waals surface area contributed by atoms with Gasteiger partial charge in [-0.3, -0.25) is 9.36 Å². The number of fused-ring (bicyclic) bond motifs is 1. The summed E-state index contributed by atoms with van der Waals surface area (Å²) in [5, 5.41) is 0.145. The molecule has 0 amide bonds. The summed E-state index contributed by atoms with van der Waals surface area (Å²) in [6, 6.07) is 8.44. The van der Waals surface area contributed by atoms with Crippen LogP contribution in [0.5, 0.6) is 0 Å². The SMILES string of the molecule is Cn1cnc2c(=O)n(-c3ccc(Cl)cc3)c(Cc3c(F)ccc(F)c3Cl)nc21. The van der Waals surface area contributed by atoms with Gasteiger partial charge in [0.25, 0.3) is 5.56 Å². The van der Waals surface area contributed by atoms with E-state index in [0.717, 1.165) is 12.1 Å². The highest BCUT2D eigenvalue weighted by atomic mass is 35.5. The number of halogens is 4. The van der Waals surface area contributed by atoms with Crippen molar-refractivity contribution >= 4 is 34.4 Å².